The molecule has 98 valence electrons. The Balaban J connectivity index is 2.17. The molecule has 2 rings (SSSR count). The van der Waals surface area contributed by atoms with Gasteiger partial charge in [-0.3, -0.25) is 4.79 Å². The Morgan fingerprint density at radius 2 is 2.28 bits per heavy atom. The van der Waals surface area contributed by atoms with Crippen LogP contribution in [0.3, 0.4) is 0 Å². The third-order valence-corrected chi connectivity index (χ3v) is 3.77. The van der Waals surface area contributed by atoms with Gasteiger partial charge in [-0.15, -0.1) is 11.6 Å². The lowest BCUT2D eigenvalue weighted by atomic mass is 10.1. The van der Waals surface area contributed by atoms with Crippen molar-refractivity contribution in [3.8, 4) is 0 Å². The molecule has 1 unspecified atom stereocenters. The van der Waals surface area contributed by atoms with E-state index in [0.717, 1.165) is 19.3 Å². The molecule has 1 aromatic rings. The maximum absolute atomic E-state index is 13.3. The van der Waals surface area contributed by atoms with Crippen molar-refractivity contribution >= 4 is 29.1 Å². The number of hydrogen-bond acceptors (Lipinski definition) is 1. The largest absolute Gasteiger partial charge is 0.336 e. The van der Waals surface area contributed by atoms with Crippen LogP contribution in [-0.2, 0) is 0 Å². The molecular formula is C13H14Cl2FNO. The van der Waals surface area contributed by atoms with Crippen LogP contribution in [0.25, 0.3) is 0 Å². The molecule has 1 heterocycles. The van der Waals surface area contributed by atoms with Crippen LogP contribution in [0.5, 0.6) is 0 Å². The SMILES string of the molecule is O=C(c1ccc(Cl)c(F)c1)N1CCCC1CCCl. The molecule has 1 atom stereocenters. The summed E-state index contributed by atoms with van der Waals surface area (Å²) in [7, 11) is 0. The minimum absolute atomic E-state index is 0.0327. The molecule has 1 aromatic carbocycles. The molecule has 0 radical (unpaired) electrons. The molecule has 1 aliphatic rings. The van der Waals surface area contributed by atoms with Crippen molar-refractivity contribution in [2.24, 2.45) is 0 Å². The summed E-state index contributed by atoms with van der Waals surface area (Å²) in [4.78, 5) is 14.1. The van der Waals surface area contributed by atoms with E-state index in [1.54, 1.807) is 11.0 Å². The number of carbonyl (C=O) groups excluding carboxylic acids is 1. The number of amides is 1. The normalized spacial score (nSPS) is 19.3. The Kier molecular flexibility index (Phi) is 4.46. The minimum atomic E-state index is -0.560. The molecule has 0 aromatic heterocycles. The van der Waals surface area contributed by atoms with Crippen LogP contribution in [0.15, 0.2) is 18.2 Å². The third-order valence-electron chi connectivity index (χ3n) is 3.25. The van der Waals surface area contributed by atoms with Gasteiger partial charge in [0, 0.05) is 24.0 Å². The van der Waals surface area contributed by atoms with Gasteiger partial charge in [-0.2, -0.15) is 0 Å². The highest BCUT2D eigenvalue weighted by molar-refractivity contribution is 6.30. The quantitative estimate of drug-likeness (QED) is 0.777. The highest BCUT2D eigenvalue weighted by Crippen LogP contribution is 2.24. The minimum Gasteiger partial charge on any atom is -0.336 e. The molecule has 1 saturated heterocycles. The van der Waals surface area contributed by atoms with Crippen LogP contribution >= 0.6 is 23.2 Å². The number of rotatable bonds is 3. The lowest BCUT2D eigenvalue weighted by Gasteiger charge is -2.24. The fourth-order valence-electron chi connectivity index (χ4n) is 2.32. The topological polar surface area (TPSA) is 20.3 Å². The third kappa shape index (κ3) is 2.78. The predicted molar refractivity (Wildman–Crippen MR) is 70.8 cm³/mol. The Bertz CT molecular complexity index is 453. The van der Waals surface area contributed by atoms with E-state index in [1.807, 2.05) is 0 Å². The summed E-state index contributed by atoms with van der Waals surface area (Å²) >= 11 is 11.3. The monoisotopic (exact) mass is 289 g/mol. The molecule has 0 bridgehead atoms. The van der Waals surface area contributed by atoms with E-state index in [4.69, 9.17) is 23.2 Å². The van der Waals surface area contributed by atoms with Gasteiger partial charge in [-0.25, -0.2) is 4.39 Å². The number of alkyl halides is 1. The average Bonchev–Trinajstić information content (AvgIpc) is 2.80. The first-order valence-corrected chi connectivity index (χ1v) is 6.86. The number of hydrogen-bond donors (Lipinski definition) is 0. The van der Waals surface area contributed by atoms with E-state index < -0.39 is 5.82 Å². The van der Waals surface area contributed by atoms with Gasteiger partial charge in [0.05, 0.1) is 5.02 Å². The molecule has 0 saturated carbocycles. The summed E-state index contributed by atoms with van der Waals surface area (Å²) in [5, 5.41) is 0.0327. The van der Waals surface area contributed by atoms with E-state index in [0.29, 0.717) is 18.0 Å². The molecule has 1 amide bonds. The van der Waals surface area contributed by atoms with Gasteiger partial charge in [0.1, 0.15) is 5.82 Å². The van der Waals surface area contributed by atoms with Crippen molar-refractivity contribution in [2.75, 3.05) is 12.4 Å². The maximum atomic E-state index is 13.3. The number of halogens is 3. The number of likely N-dealkylation sites (tertiary alicyclic amines) is 1. The second-order valence-electron chi connectivity index (χ2n) is 4.40. The zero-order chi connectivity index (χ0) is 13.1. The van der Waals surface area contributed by atoms with E-state index >= 15 is 0 Å². The van der Waals surface area contributed by atoms with E-state index in [9.17, 15) is 9.18 Å². The molecule has 0 spiro atoms. The zero-order valence-electron chi connectivity index (χ0n) is 9.83. The zero-order valence-corrected chi connectivity index (χ0v) is 11.3. The van der Waals surface area contributed by atoms with Crippen molar-refractivity contribution in [3.05, 3.63) is 34.6 Å². The van der Waals surface area contributed by atoms with Gasteiger partial charge in [0.15, 0.2) is 0 Å². The second-order valence-corrected chi connectivity index (χ2v) is 5.19. The highest BCUT2D eigenvalue weighted by Gasteiger charge is 2.29. The number of carbonyl (C=O) groups is 1. The first-order chi connectivity index (χ1) is 8.63. The first-order valence-electron chi connectivity index (χ1n) is 5.95. The van der Waals surface area contributed by atoms with E-state index in [-0.39, 0.29) is 17.0 Å². The van der Waals surface area contributed by atoms with Crippen LogP contribution in [0, 0.1) is 5.82 Å². The van der Waals surface area contributed by atoms with Crippen LogP contribution in [-0.4, -0.2) is 29.3 Å². The lowest BCUT2D eigenvalue weighted by Crippen LogP contribution is -2.35. The molecule has 0 aliphatic carbocycles. The standard InChI is InChI=1S/C13H14Cl2FNO/c14-6-5-10-2-1-7-17(10)13(18)9-3-4-11(15)12(16)8-9/h3-4,8,10H,1-2,5-7H2. The maximum Gasteiger partial charge on any atom is 0.254 e. The van der Waals surface area contributed by atoms with Crippen LogP contribution in [0.4, 0.5) is 4.39 Å². The Morgan fingerprint density at radius 1 is 1.50 bits per heavy atom. The van der Waals surface area contributed by atoms with Gasteiger partial charge in [-0.1, -0.05) is 11.6 Å². The predicted octanol–water partition coefficient (Wildman–Crippen LogP) is 3.71. The molecular weight excluding hydrogens is 276 g/mol. The average molecular weight is 290 g/mol. The first kappa shape index (κ1) is 13.6. The summed E-state index contributed by atoms with van der Waals surface area (Å²) in [6, 6.07) is 4.34. The lowest BCUT2D eigenvalue weighted by molar-refractivity contribution is 0.0734. The summed E-state index contributed by atoms with van der Waals surface area (Å²) in [5.41, 5.74) is 0.346. The van der Waals surface area contributed by atoms with Crippen LogP contribution < -0.4 is 0 Å². The summed E-state index contributed by atoms with van der Waals surface area (Å²) < 4.78 is 13.3. The summed E-state index contributed by atoms with van der Waals surface area (Å²) in [6.45, 7) is 0.713. The highest BCUT2D eigenvalue weighted by atomic mass is 35.5. The fraction of sp³-hybridized carbons (Fsp3) is 0.462. The van der Waals surface area contributed by atoms with Crippen molar-refractivity contribution < 1.29 is 9.18 Å². The van der Waals surface area contributed by atoms with Gasteiger partial charge in [-0.05, 0) is 37.5 Å². The Morgan fingerprint density at radius 3 is 2.94 bits per heavy atom. The van der Waals surface area contributed by atoms with Gasteiger partial charge in [0.2, 0.25) is 0 Å². The smallest absolute Gasteiger partial charge is 0.254 e. The van der Waals surface area contributed by atoms with Crippen molar-refractivity contribution in [1.82, 2.24) is 4.90 Å². The Labute approximate surface area is 116 Å². The number of benzene rings is 1. The van der Waals surface area contributed by atoms with Crippen molar-refractivity contribution in [1.29, 1.82) is 0 Å². The molecule has 2 nitrogen and oxygen atoms in total. The molecule has 18 heavy (non-hydrogen) atoms. The van der Waals surface area contributed by atoms with Crippen LogP contribution in [0.2, 0.25) is 5.02 Å². The van der Waals surface area contributed by atoms with Crippen LogP contribution in [0.1, 0.15) is 29.6 Å². The van der Waals surface area contributed by atoms with E-state index in [2.05, 4.69) is 0 Å². The van der Waals surface area contributed by atoms with Gasteiger partial charge < -0.3 is 4.90 Å². The molecule has 1 fully saturated rings. The Hall–Kier alpha value is -0.800. The van der Waals surface area contributed by atoms with Crippen molar-refractivity contribution in [3.63, 3.8) is 0 Å². The number of nitrogens with zero attached hydrogens (tertiary/aromatic N) is 1. The second kappa shape index (κ2) is 5.89. The van der Waals surface area contributed by atoms with E-state index in [1.165, 1.54) is 12.1 Å². The summed E-state index contributed by atoms with van der Waals surface area (Å²) in [5.74, 6) is -0.169. The van der Waals surface area contributed by atoms with Gasteiger partial charge >= 0.3 is 0 Å². The summed E-state index contributed by atoms with van der Waals surface area (Å²) in [6.07, 6.45) is 2.72. The fourth-order valence-corrected chi connectivity index (χ4v) is 2.69. The molecule has 1 aliphatic heterocycles. The van der Waals surface area contributed by atoms with Gasteiger partial charge in [0.25, 0.3) is 5.91 Å². The molecule has 5 heteroatoms. The molecule has 0 N–H and O–H groups in total. The van der Waals surface area contributed by atoms with Crippen molar-refractivity contribution in [2.45, 2.75) is 25.3 Å².